The summed E-state index contributed by atoms with van der Waals surface area (Å²) in [6.45, 7) is 10.3. The molecule has 0 radical (unpaired) electrons. The van der Waals surface area contributed by atoms with E-state index in [0.717, 1.165) is 19.9 Å². The Kier molecular flexibility index (Phi) is 7.96. The molecule has 0 unspecified atom stereocenters. The Labute approximate surface area is 70.5 Å². The molecule has 0 spiro atoms. The van der Waals surface area contributed by atoms with Crippen molar-refractivity contribution in [3.05, 3.63) is 0 Å². The molecule has 0 heterocycles. The maximum atomic E-state index is 5.31. The normalized spacial score (nSPS) is 10.9. The Hall–Kier alpha value is -0.0800. The predicted molar refractivity (Wildman–Crippen MR) is 48.6 cm³/mol. The molecule has 0 N–H and O–H groups in total. The van der Waals surface area contributed by atoms with Crippen molar-refractivity contribution in [3.8, 4) is 0 Å². The molecule has 0 saturated carbocycles. The molecule has 0 atom stereocenters. The standard InChI is InChI=1S/C9H21NO/c1-4-7-8-10(5-2)9-11-6-3/h4-9H2,1-3H3. The Morgan fingerprint density at radius 3 is 2.36 bits per heavy atom. The summed E-state index contributed by atoms with van der Waals surface area (Å²) in [7, 11) is 0. The summed E-state index contributed by atoms with van der Waals surface area (Å²) in [5.41, 5.74) is 0. The lowest BCUT2D eigenvalue weighted by molar-refractivity contribution is 0.0379. The van der Waals surface area contributed by atoms with E-state index < -0.39 is 0 Å². The summed E-state index contributed by atoms with van der Waals surface area (Å²) in [6, 6.07) is 0. The SMILES string of the molecule is CCCCN(CC)COCC. The van der Waals surface area contributed by atoms with Gasteiger partial charge < -0.3 is 4.74 Å². The third kappa shape index (κ3) is 6.32. The van der Waals surface area contributed by atoms with Gasteiger partial charge in [0.15, 0.2) is 0 Å². The molecule has 0 aliphatic carbocycles. The van der Waals surface area contributed by atoms with Crippen LogP contribution in [0.1, 0.15) is 33.6 Å². The number of nitrogens with zero attached hydrogens (tertiary/aromatic N) is 1. The zero-order valence-corrected chi connectivity index (χ0v) is 8.10. The van der Waals surface area contributed by atoms with Crippen LogP contribution in [0.2, 0.25) is 0 Å². The van der Waals surface area contributed by atoms with Crippen LogP contribution in [0.3, 0.4) is 0 Å². The average molecular weight is 159 g/mol. The van der Waals surface area contributed by atoms with Gasteiger partial charge in [-0.2, -0.15) is 0 Å². The fourth-order valence-corrected chi connectivity index (χ4v) is 0.916. The minimum atomic E-state index is 0.799. The van der Waals surface area contributed by atoms with Gasteiger partial charge in [0.1, 0.15) is 0 Å². The average Bonchev–Trinajstić information content (AvgIpc) is 2.05. The molecule has 0 fully saturated rings. The minimum absolute atomic E-state index is 0.799. The van der Waals surface area contributed by atoms with E-state index in [-0.39, 0.29) is 0 Å². The van der Waals surface area contributed by atoms with E-state index >= 15 is 0 Å². The molecule has 2 nitrogen and oxygen atoms in total. The maximum Gasteiger partial charge on any atom is 0.0989 e. The molecule has 0 aromatic carbocycles. The van der Waals surface area contributed by atoms with E-state index in [1.54, 1.807) is 0 Å². The van der Waals surface area contributed by atoms with Crippen molar-refractivity contribution in [2.24, 2.45) is 0 Å². The monoisotopic (exact) mass is 159 g/mol. The Morgan fingerprint density at radius 1 is 1.18 bits per heavy atom. The molecule has 0 bridgehead atoms. The first-order valence-electron chi connectivity index (χ1n) is 4.65. The molecule has 0 aliphatic rings. The van der Waals surface area contributed by atoms with Crippen molar-refractivity contribution in [2.75, 3.05) is 26.4 Å². The van der Waals surface area contributed by atoms with Crippen molar-refractivity contribution in [3.63, 3.8) is 0 Å². The first-order chi connectivity index (χ1) is 5.35. The predicted octanol–water partition coefficient (Wildman–Crippen LogP) is 2.10. The first-order valence-corrected chi connectivity index (χ1v) is 4.65. The number of rotatable bonds is 7. The Balaban J connectivity index is 3.25. The smallest absolute Gasteiger partial charge is 0.0989 e. The van der Waals surface area contributed by atoms with Crippen molar-refractivity contribution in [2.45, 2.75) is 33.6 Å². The molecular weight excluding hydrogens is 138 g/mol. The highest BCUT2D eigenvalue weighted by atomic mass is 16.5. The molecule has 2 heteroatoms. The molecule has 0 amide bonds. The van der Waals surface area contributed by atoms with E-state index in [9.17, 15) is 0 Å². The summed E-state index contributed by atoms with van der Waals surface area (Å²) in [6.07, 6.45) is 2.55. The largest absolute Gasteiger partial charge is 0.366 e. The van der Waals surface area contributed by atoms with Crippen LogP contribution in [0.4, 0.5) is 0 Å². The molecule has 0 aromatic heterocycles. The van der Waals surface area contributed by atoms with Crippen molar-refractivity contribution < 1.29 is 4.74 Å². The van der Waals surface area contributed by atoms with Gasteiger partial charge in [0.2, 0.25) is 0 Å². The van der Waals surface area contributed by atoms with Gasteiger partial charge in [-0.25, -0.2) is 0 Å². The van der Waals surface area contributed by atoms with Gasteiger partial charge in [-0.15, -0.1) is 0 Å². The molecule has 0 saturated heterocycles. The van der Waals surface area contributed by atoms with E-state index in [2.05, 4.69) is 18.7 Å². The fraction of sp³-hybridized carbons (Fsp3) is 1.00. The third-order valence-corrected chi connectivity index (χ3v) is 1.75. The number of ether oxygens (including phenoxy) is 1. The quantitative estimate of drug-likeness (QED) is 0.527. The van der Waals surface area contributed by atoms with Gasteiger partial charge in [0.05, 0.1) is 6.73 Å². The number of hydrogen-bond donors (Lipinski definition) is 0. The zero-order valence-electron chi connectivity index (χ0n) is 8.10. The van der Waals surface area contributed by atoms with Gasteiger partial charge in [-0.3, -0.25) is 4.90 Å². The highest BCUT2D eigenvalue weighted by Crippen LogP contribution is 1.94. The topological polar surface area (TPSA) is 12.5 Å². The van der Waals surface area contributed by atoms with Crippen LogP contribution in [0.5, 0.6) is 0 Å². The summed E-state index contributed by atoms with van der Waals surface area (Å²) >= 11 is 0. The fourth-order valence-electron chi connectivity index (χ4n) is 0.916. The molecule has 68 valence electrons. The highest BCUT2D eigenvalue weighted by molar-refractivity contribution is 4.48. The first kappa shape index (κ1) is 10.9. The van der Waals surface area contributed by atoms with Crippen LogP contribution in [0, 0.1) is 0 Å². The second kappa shape index (κ2) is 8.02. The van der Waals surface area contributed by atoms with Crippen LogP contribution < -0.4 is 0 Å². The lowest BCUT2D eigenvalue weighted by atomic mass is 10.3. The van der Waals surface area contributed by atoms with Crippen LogP contribution in [0.25, 0.3) is 0 Å². The van der Waals surface area contributed by atoms with Crippen molar-refractivity contribution in [1.29, 1.82) is 0 Å². The van der Waals surface area contributed by atoms with Crippen molar-refractivity contribution in [1.82, 2.24) is 4.90 Å². The van der Waals surface area contributed by atoms with Gasteiger partial charge >= 0.3 is 0 Å². The summed E-state index contributed by atoms with van der Waals surface area (Å²) in [5, 5.41) is 0. The summed E-state index contributed by atoms with van der Waals surface area (Å²) in [4.78, 5) is 2.33. The van der Waals surface area contributed by atoms with Gasteiger partial charge in [-0.1, -0.05) is 20.3 Å². The molecular formula is C9H21NO. The van der Waals surface area contributed by atoms with Crippen LogP contribution in [-0.2, 0) is 4.74 Å². The Morgan fingerprint density at radius 2 is 1.91 bits per heavy atom. The second-order valence-electron chi connectivity index (χ2n) is 2.69. The van der Waals surface area contributed by atoms with E-state index in [4.69, 9.17) is 4.74 Å². The Bertz CT molecular complexity index is 68.0. The number of unbranched alkanes of at least 4 members (excludes halogenated alkanes) is 1. The molecule has 0 aromatic rings. The lowest BCUT2D eigenvalue weighted by Gasteiger charge is -2.19. The van der Waals surface area contributed by atoms with E-state index in [1.165, 1.54) is 19.4 Å². The molecule has 0 aliphatic heterocycles. The van der Waals surface area contributed by atoms with Gasteiger partial charge in [0, 0.05) is 13.2 Å². The van der Waals surface area contributed by atoms with Gasteiger partial charge in [0.25, 0.3) is 0 Å². The summed E-state index contributed by atoms with van der Waals surface area (Å²) < 4.78 is 5.31. The zero-order chi connectivity index (χ0) is 8.53. The van der Waals surface area contributed by atoms with Crippen LogP contribution in [-0.4, -0.2) is 31.3 Å². The van der Waals surface area contributed by atoms with Gasteiger partial charge in [-0.05, 0) is 19.9 Å². The minimum Gasteiger partial charge on any atom is -0.366 e. The molecule has 11 heavy (non-hydrogen) atoms. The van der Waals surface area contributed by atoms with E-state index in [1.807, 2.05) is 6.92 Å². The lowest BCUT2D eigenvalue weighted by Crippen LogP contribution is -2.27. The highest BCUT2D eigenvalue weighted by Gasteiger charge is 1.98. The number of hydrogen-bond acceptors (Lipinski definition) is 2. The van der Waals surface area contributed by atoms with Crippen LogP contribution in [0.15, 0.2) is 0 Å². The van der Waals surface area contributed by atoms with Crippen molar-refractivity contribution >= 4 is 0 Å². The van der Waals surface area contributed by atoms with E-state index in [0.29, 0.717) is 0 Å². The molecule has 0 rings (SSSR count). The second-order valence-corrected chi connectivity index (χ2v) is 2.69. The maximum absolute atomic E-state index is 5.31. The summed E-state index contributed by atoms with van der Waals surface area (Å²) in [5.74, 6) is 0. The van der Waals surface area contributed by atoms with Crippen LogP contribution >= 0.6 is 0 Å². The third-order valence-electron chi connectivity index (χ3n) is 1.75.